The highest BCUT2D eigenvalue weighted by Crippen LogP contribution is 2.33. The van der Waals surface area contributed by atoms with E-state index in [0.717, 1.165) is 0 Å². The molecule has 0 bridgehead atoms. The van der Waals surface area contributed by atoms with Crippen molar-refractivity contribution in [3.63, 3.8) is 0 Å². The number of carbonyl (C=O) groups excluding carboxylic acids is 1. The number of fused-ring (bicyclic) bond motifs is 1. The van der Waals surface area contributed by atoms with Crippen LogP contribution in [0.5, 0.6) is 11.5 Å². The number of ether oxygens (including phenoxy) is 3. The molecule has 1 aliphatic rings. The zero-order valence-corrected chi connectivity index (χ0v) is 8.23. The summed E-state index contributed by atoms with van der Waals surface area (Å²) in [5.74, 6) is 0.506. The molecule has 0 unspecified atom stereocenters. The summed E-state index contributed by atoms with van der Waals surface area (Å²) in [5.41, 5.74) is 0.363. The molecular formula is C11H10O4. The van der Waals surface area contributed by atoms with E-state index >= 15 is 0 Å². The molecule has 1 aliphatic heterocycles. The Morgan fingerprint density at radius 1 is 1.47 bits per heavy atom. The van der Waals surface area contributed by atoms with Gasteiger partial charge in [-0.05, 0) is 18.2 Å². The fourth-order valence-corrected chi connectivity index (χ4v) is 1.32. The second-order valence-corrected chi connectivity index (χ2v) is 2.93. The zero-order valence-electron chi connectivity index (χ0n) is 8.23. The van der Waals surface area contributed by atoms with Crippen LogP contribution in [0, 0.1) is 0 Å². The molecule has 78 valence electrons. The van der Waals surface area contributed by atoms with Crippen molar-refractivity contribution in [3.8, 4) is 11.5 Å². The van der Waals surface area contributed by atoms with Crippen LogP contribution in [0.4, 0.5) is 0 Å². The highest BCUT2D eigenvalue weighted by molar-refractivity contribution is 5.93. The SMILES string of the molecule is COC(=O)c1cccc2c1OC=CCO2. The van der Waals surface area contributed by atoms with Crippen molar-refractivity contribution >= 4 is 5.97 Å². The minimum Gasteiger partial charge on any atom is -0.485 e. The van der Waals surface area contributed by atoms with E-state index in [0.29, 0.717) is 23.7 Å². The minimum absolute atomic E-state index is 0.363. The molecule has 1 heterocycles. The molecule has 1 aromatic rings. The maximum absolute atomic E-state index is 11.4. The summed E-state index contributed by atoms with van der Waals surface area (Å²) in [6.07, 6.45) is 3.22. The Morgan fingerprint density at radius 2 is 2.33 bits per heavy atom. The van der Waals surface area contributed by atoms with Gasteiger partial charge in [0.15, 0.2) is 11.5 Å². The summed E-state index contributed by atoms with van der Waals surface area (Å²) in [6, 6.07) is 5.10. The van der Waals surface area contributed by atoms with Crippen LogP contribution in [0.1, 0.15) is 10.4 Å². The lowest BCUT2D eigenvalue weighted by molar-refractivity contribution is 0.0597. The van der Waals surface area contributed by atoms with Crippen molar-refractivity contribution in [2.45, 2.75) is 0 Å². The topological polar surface area (TPSA) is 44.8 Å². The molecule has 0 N–H and O–H groups in total. The van der Waals surface area contributed by atoms with Gasteiger partial charge in [-0.3, -0.25) is 0 Å². The first-order chi connectivity index (χ1) is 7.33. The number of hydrogen-bond acceptors (Lipinski definition) is 4. The van der Waals surface area contributed by atoms with Gasteiger partial charge in [0.2, 0.25) is 0 Å². The maximum atomic E-state index is 11.4. The molecule has 0 saturated carbocycles. The Kier molecular flexibility index (Phi) is 2.58. The maximum Gasteiger partial charge on any atom is 0.341 e. The van der Waals surface area contributed by atoms with E-state index < -0.39 is 5.97 Å². The van der Waals surface area contributed by atoms with Crippen molar-refractivity contribution in [1.82, 2.24) is 0 Å². The summed E-state index contributed by atoms with van der Waals surface area (Å²) in [4.78, 5) is 11.4. The molecule has 0 aliphatic carbocycles. The Morgan fingerprint density at radius 3 is 3.13 bits per heavy atom. The lowest BCUT2D eigenvalue weighted by Gasteiger charge is -2.09. The lowest BCUT2D eigenvalue weighted by Crippen LogP contribution is -2.04. The zero-order chi connectivity index (χ0) is 10.7. The van der Waals surface area contributed by atoms with Crippen molar-refractivity contribution in [3.05, 3.63) is 36.1 Å². The molecule has 2 rings (SSSR count). The van der Waals surface area contributed by atoms with Gasteiger partial charge in [0.05, 0.1) is 13.4 Å². The number of methoxy groups -OCH3 is 1. The molecular weight excluding hydrogens is 196 g/mol. The minimum atomic E-state index is -0.439. The van der Waals surface area contributed by atoms with Gasteiger partial charge in [-0.2, -0.15) is 0 Å². The Labute approximate surface area is 87.1 Å². The number of benzene rings is 1. The van der Waals surface area contributed by atoms with E-state index in [2.05, 4.69) is 4.74 Å². The second kappa shape index (κ2) is 4.04. The average Bonchev–Trinajstić information content (AvgIpc) is 2.52. The first kappa shape index (κ1) is 9.58. The van der Waals surface area contributed by atoms with Gasteiger partial charge in [-0.25, -0.2) is 4.79 Å². The molecule has 0 spiro atoms. The second-order valence-electron chi connectivity index (χ2n) is 2.93. The van der Waals surface area contributed by atoms with E-state index in [1.807, 2.05) is 0 Å². The molecule has 0 amide bonds. The van der Waals surface area contributed by atoms with Gasteiger partial charge in [0.25, 0.3) is 0 Å². The highest BCUT2D eigenvalue weighted by atomic mass is 16.5. The molecule has 0 saturated heterocycles. The van der Waals surface area contributed by atoms with Gasteiger partial charge in [0.1, 0.15) is 12.2 Å². The number of para-hydroxylation sites is 1. The van der Waals surface area contributed by atoms with Crippen LogP contribution < -0.4 is 9.47 Å². The van der Waals surface area contributed by atoms with Crippen LogP contribution >= 0.6 is 0 Å². The van der Waals surface area contributed by atoms with Crippen molar-refractivity contribution < 1.29 is 19.0 Å². The van der Waals surface area contributed by atoms with Gasteiger partial charge in [0, 0.05) is 0 Å². The fourth-order valence-electron chi connectivity index (χ4n) is 1.32. The normalized spacial score (nSPS) is 13.1. The lowest BCUT2D eigenvalue weighted by atomic mass is 10.2. The van der Waals surface area contributed by atoms with Crippen LogP contribution in [0.2, 0.25) is 0 Å². The van der Waals surface area contributed by atoms with Crippen LogP contribution in [0.25, 0.3) is 0 Å². The Hall–Kier alpha value is -1.97. The van der Waals surface area contributed by atoms with Crippen LogP contribution in [-0.2, 0) is 4.74 Å². The number of hydrogen-bond donors (Lipinski definition) is 0. The van der Waals surface area contributed by atoms with Gasteiger partial charge in [-0.1, -0.05) is 6.07 Å². The van der Waals surface area contributed by atoms with E-state index in [1.54, 1.807) is 24.3 Å². The smallest absolute Gasteiger partial charge is 0.341 e. The third-order valence-electron chi connectivity index (χ3n) is 2.00. The molecule has 15 heavy (non-hydrogen) atoms. The quantitative estimate of drug-likeness (QED) is 0.657. The largest absolute Gasteiger partial charge is 0.485 e. The van der Waals surface area contributed by atoms with Crippen LogP contribution in [0.3, 0.4) is 0 Å². The van der Waals surface area contributed by atoms with Crippen LogP contribution in [0.15, 0.2) is 30.5 Å². The number of rotatable bonds is 1. The predicted molar refractivity (Wildman–Crippen MR) is 53.0 cm³/mol. The Bertz CT molecular complexity index is 409. The van der Waals surface area contributed by atoms with E-state index in [-0.39, 0.29) is 0 Å². The van der Waals surface area contributed by atoms with Crippen LogP contribution in [-0.4, -0.2) is 19.7 Å². The van der Waals surface area contributed by atoms with Gasteiger partial charge < -0.3 is 14.2 Å². The Balaban J connectivity index is 2.47. The first-order valence-electron chi connectivity index (χ1n) is 4.48. The third kappa shape index (κ3) is 1.79. The summed E-state index contributed by atoms with van der Waals surface area (Å²) in [7, 11) is 1.33. The number of carbonyl (C=O) groups is 1. The summed E-state index contributed by atoms with van der Waals surface area (Å²) < 4.78 is 15.3. The molecule has 0 radical (unpaired) electrons. The monoisotopic (exact) mass is 206 g/mol. The van der Waals surface area contributed by atoms with E-state index in [1.165, 1.54) is 13.4 Å². The molecule has 1 aromatic carbocycles. The first-order valence-corrected chi connectivity index (χ1v) is 4.48. The average molecular weight is 206 g/mol. The van der Waals surface area contributed by atoms with Gasteiger partial charge in [-0.15, -0.1) is 0 Å². The summed E-state index contributed by atoms with van der Waals surface area (Å²) in [6.45, 7) is 0.428. The van der Waals surface area contributed by atoms with Crippen molar-refractivity contribution in [2.24, 2.45) is 0 Å². The molecule has 0 atom stereocenters. The van der Waals surface area contributed by atoms with Gasteiger partial charge >= 0.3 is 5.97 Å². The molecule has 0 aromatic heterocycles. The number of esters is 1. The summed E-state index contributed by atoms with van der Waals surface area (Å²) >= 11 is 0. The summed E-state index contributed by atoms with van der Waals surface area (Å²) in [5, 5.41) is 0. The highest BCUT2D eigenvalue weighted by Gasteiger charge is 2.18. The van der Waals surface area contributed by atoms with Crippen molar-refractivity contribution in [1.29, 1.82) is 0 Å². The standard InChI is InChI=1S/C11H10O4/c1-13-11(12)8-4-2-5-9-10(8)15-7-3-6-14-9/h2-5,7H,6H2,1H3. The molecule has 4 nitrogen and oxygen atoms in total. The predicted octanol–water partition coefficient (Wildman–Crippen LogP) is 1.76. The molecule has 4 heteroatoms. The third-order valence-corrected chi connectivity index (χ3v) is 2.00. The van der Waals surface area contributed by atoms with E-state index in [9.17, 15) is 4.79 Å². The fraction of sp³-hybridized carbons (Fsp3) is 0.182. The molecule has 0 fully saturated rings. The van der Waals surface area contributed by atoms with E-state index in [4.69, 9.17) is 9.47 Å². The van der Waals surface area contributed by atoms with Crippen molar-refractivity contribution in [2.75, 3.05) is 13.7 Å².